The maximum Gasteiger partial charge on any atom is 0.235 e. The van der Waals surface area contributed by atoms with Gasteiger partial charge in [0.2, 0.25) is 11.7 Å². The van der Waals surface area contributed by atoms with Crippen LogP contribution in [0, 0.1) is 22.7 Å². The van der Waals surface area contributed by atoms with E-state index in [0.717, 1.165) is 82.0 Å². The molecular formula is C23H34N8O. The normalized spacial score (nSPS) is 19.4. The van der Waals surface area contributed by atoms with Crippen molar-refractivity contribution in [2.24, 2.45) is 11.3 Å². The number of fused-ring (bicyclic) bond motifs is 1. The molecule has 32 heavy (non-hydrogen) atoms. The van der Waals surface area contributed by atoms with Crippen molar-refractivity contribution in [3.8, 4) is 6.07 Å². The van der Waals surface area contributed by atoms with E-state index in [0.29, 0.717) is 5.91 Å². The summed E-state index contributed by atoms with van der Waals surface area (Å²) in [5.41, 5.74) is 2.87. The van der Waals surface area contributed by atoms with Gasteiger partial charge in [-0.25, -0.2) is 9.50 Å². The molecule has 1 amide bonds. The number of carbonyl (C=O) groups is 1. The highest BCUT2D eigenvalue weighted by atomic mass is 16.2. The Kier molecular flexibility index (Phi) is 6.45. The molecule has 0 aromatic carbocycles. The summed E-state index contributed by atoms with van der Waals surface area (Å²) in [7, 11) is 2.11. The van der Waals surface area contributed by atoms with Crippen LogP contribution in [0.4, 0.5) is 0 Å². The van der Waals surface area contributed by atoms with Gasteiger partial charge in [-0.1, -0.05) is 20.8 Å². The molecule has 0 atom stereocenters. The van der Waals surface area contributed by atoms with E-state index in [2.05, 4.69) is 52.5 Å². The smallest absolute Gasteiger partial charge is 0.235 e. The van der Waals surface area contributed by atoms with Gasteiger partial charge in [0, 0.05) is 44.2 Å². The van der Waals surface area contributed by atoms with Crippen molar-refractivity contribution in [1.82, 2.24) is 34.3 Å². The van der Waals surface area contributed by atoms with Crippen LogP contribution in [0.5, 0.6) is 0 Å². The molecule has 2 aromatic heterocycles. The van der Waals surface area contributed by atoms with Crippen LogP contribution < -0.4 is 0 Å². The number of piperazine rings is 1. The zero-order chi connectivity index (χ0) is 22.9. The van der Waals surface area contributed by atoms with Crippen molar-refractivity contribution in [3.05, 3.63) is 23.4 Å². The maximum atomic E-state index is 12.9. The molecule has 0 radical (unpaired) electrons. The average molecular weight is 439 g/mol. The Balaban J connectivity index is 1.44. The Morgan fingerprint density at radius 3 is 2.47 bits per heavy atom. The number of amides is 1. The second-order valence-electron chi connectivity index (χ2n) is 10.4. The molecule has 9 heteroatoms. The van der Waals surface area contributed by atoms with Gasteiger partial charge in [0.15, 0.2) is 5.65 Å². The number of piperidine rings is 1. The standard InChI is InChI=1S/C23H34N8O/c1-23(2,3)13-18-19(27-31-16-25-20(14-24)26-21(18)31)15-29-7-5-17(6-8-29)22(32)30-11-9-28(4)10-12-30/h16-17H,5-13,15H2,1-4H3. The first-order valence-corrected chi connectivity index (χ1v) is 11.6. The molecular weight excluding hydrogens is 404 g/mol. The molecule has 0 aliphatic carbocycles. The second kappa shape index (κ2) is 9.12. The molecule has 2 aliphatic rings. The van der Waals surface area contributed by atoms with Crippen LogP contribution in [0.15, 0.2) is 6.33 Å². The molecule has 9 nitrogen and oxygen atoms in total. The summed E-state index contributed by atoms with van der Waals surface area (Å²) in [6, 6.07) is 2.03. The van der Waals surface area contributed by atoms with Crippen molar-refractivity contribution < 1.29 is 4.79 Å². The van der Waals surface area contributed by atoms with Gasteiger partial charge in [-0.3, -0.25) is 9.69 Å². The Bertz CT molecular complexity index is 1000. The van der Waals surface area contributed by atoms with Crippen LogP contribution in [0.2, 0.25) is 0 Å². The number of hydrogen-bond acceptors (Lipinski definition) is 7. The first-order valence-electron chi connectivity index (χ1n) is 11.6. The van der Waals surface area contributed by atoms with Crippen LogP contribution in [-0.2, 0) is 17.8 Å². The summed E-state index contributed by atoms with van der Waals surface area (Å²) in [5, 5.41) is 14.0. The number of nitrogens with zero attached hydrogens (tertiary/aromatic N) is 8. The first kappa shape index (κ1) is 22.6. The number of hydrogen-bond donors (Lipinski definition) is 0. The Hall–Kier alpha value is -2.57. The Morgan fingerprint density at radius 2 is 1.84 bits per heavy atom. The zero-order valence-corrected chi connectivity index (χ0v) is 19.7. The first-order chi connectivity index (χ1) is 15.2. The fourth-order valence-corrected chi connectivity index (χ4v) is 4.67. The van der Waals surface area contributed by atoms with Crippen LogP contribution in [0.25, 0.3) is 5.65 Å². The summed E-state index contributed by atoms with van der Waals surface area (Å²) in [6.45, 7) is 12.7. The molecule has 0 N–H and O–H groups in total. The average Bonchev–Trinajstić information content (AvgIpc) is 3.09. The third kappa shape index (κ3) is 5.08. The molecule has 4 rings (SSSR count). The molecule has 2 aliphatic heterocycles. The molecule has 2 saturated heterocycles. The molecule has 0 unspecified atom stereocenters. The van der Waals surface area contributed by atoms with Crippen molar-refractivity contribution in [1.29, 1.82) is 5.26 Å². The van der Waals surface area contributed by atoms with E-state index in [-0.39, 0.29) is 17.2 Å². The van der Waals surface area contributed by atoms with E-state index in [4.69, 9.17) is 5.10 Å². The number of likely N-dealkylation sites (tertiary alicyclic amines) is 1. The van der Waals surface area contributed by atoms with Crippen LogP contribution in [-0.4, -0.2) is 86.5 Å². The van der Waals surface area contributed by atoms with E-state index < -0.39 is 0 Å². The number of nitriles is 1. The lowest BCUT2D eigenvalue weighted by molar-refractivity contribution is -0.138. The van der Waals surface area contributed by atoms with Gasteiger partial charge in [-0.05, 0) is 44.8 Å². The monoisotopic (exact) mass is 438 g/mol. The lowest BCUT2D eigenvalue weighted by atomic mass is 9.88. The van der Waals surface area contributed by atoms with E-state index in [1.807, 2.05) is 6.07 Å². The highest BCUT2D eigenvalue weighted by Gasteiger charge is 2.31. The maximum absolute atomic E-state index is 12.9. The zero-order valence-electron chi connectivity index (χ0n) is 19.7. The lowest BCUT2D eigenvalue weighted by Gasteiger charge is -2.37. The largest absolute Gasteiger partial charge is 0.340 e. The minimum atomic E-state index is 0.0674. The van der Waals surface area contributed by atoms with Gasteiger partial charge in [-0.2, -0.15) is 15.3 Å². The summed E-state index contributed by atoms with van der Waals surface area (Å²) < 4.78 is 1.70. The fraction of sp³-hybridized carbons (Fsp3) is 0.696. The minimum Gasteiger partial charge on any atom is -0.340 e. The lowest BCUT2D eigenvalue weighted by Crippen LogP contribution is -2.50. The van der Waals surface area contributed by atoms with Crippen LogP contribution in [0.3, 0.4) is 0 Å². The number of carbonyl (C=O) groups excluding carboxylic acids is 1. The van der Waals surface area contributed by atoms with Gasteiger partial charge in [0.1, 0.15) is 12.4 Å². The topological polar surface area (TPSA) is 93.7 Å². The van der Waals surface area contributed by atoms with Gasteiger partial charge in [0.05, 0.1) is 5.69 Å². The molecule has 172 valence electrons. The highest BCUT2D eigenvalue weighted by molar-refractivity contribution is 5.79. The van der Waals surface area contributed by atoms with Crippen molar-refractivity contribution >= 4 is 11.6 Å². The number of rotatable bonds is 4. The number of likely N-dealkylation sites (N-methyl/N-ethyl adjacent to an activating group) is 1. The molecule has 2 aromatic rings. The summed E-state index contributed by atoms with van der Waals surface area (Å²) in [5.74, 6) is 0.634. The van der Waals surface area contributed by atoms with E-state index in [1.165, 1.54) is 0 Å². The predicted octanol–water partition coefficient (Wildman–Crippen LogP) is 1.57. The second-order valence-corrected chi connectivity index (χ2v) is 10.4. The highest BCUT2D eigenvalue weighted by Crippen LogP contribution is 2.28. The molecule has 2 fully saturated rings. The van der Waals surface area contributed by atoms with E-state index >= 15 is 0 Å². The van der Waals surface area contributed by atoms with Crippen molar-refractivity contribution in [2.45, 2.75) is 46.6 Å². The SMILES string of the molecule is CN1CCN(C(=O)C2CCN(Cc3nn4cnc(C#N)nc4c3CC(C)(C)C)CC2)CC1. The summed E-state index contributed by atoms with van der Waals surface area (Å²) in [6.07, 6.45) is 4.20. The van der Waals surface area contributed by atoms with Gasteiger partial charge < -0.3 is 9.80 Å². The van der Waals surface area contributed by atoms with Gasteiger partial charge in [-0.15, -0.1) is 0 Å². The van der Waals surface area contributed by atoms with Crippen molar-refractivity contribution in [2.75, 3.05) is 46.3 Å². The quantitative estimate of drug-likeness (QED) is 0.715. The molecule has 4 heterocycles. The summed E-state index contributed by atoms with van der Waals surface area (Å²) >= 11 is 0. The fourth-order valence-electron chi connectivity index (χ4n) is 4.67. The Labute approximate surface area is 190 Å². The van der Waals surface area contributed by atoms with Gasteiger partial charge in [0.25, 0.3) is 0 Å². The molecule has 0 spiro atoms. The molecule has 0 saturated carbocycles. The van der Waals surface area contributed by atoms with E-state index in [1.54, 1.807) is 10.8 Å². The van der Waals surface area contributed by atoms with Crippen LogP contribution >= 0.6 is 0 Å². The predicted molar refractivity (Wildman–Crippen MR) is 121 cm³/mol. The van der Waals surface area contributed by atoms with Crippen LogP contribution in [0.1, 0.15) is 50.7 Å². The Morgan fingerprint density at radius 1 is 1.16 bits per heavy atom. The molecule has 0 bridgehead atoms. The third-order valence-electron chi connectivity index (χ3n) is 6.50. The third-order valence-corrected chi connectivity index (χ3v) is 6.50. The van der Waals surface area contributed by atoms with E-state index in [9.17, 15) is 10.1 Å². The minimum absolute atomic E-state index is 0.0674. The van der Waals surface area contributed by atoms with Gasteiger partial charge >= 0.3 is 0 Å². The summed E-state index contributed by atoms with van der Waals surface area (Å²) in [4.78, 5) is 28.2. The van der Waals surface area contributed by atoms with Crippen molar-refractivity contribution in [3.63, 3.8) is 0 Å². The number of aromatic nitrogens is 4.